The highest BCUT2D eigenvalue weighted by molar-refractivity contribution is 5.75. The van der Waals surface area contributed by atoms with Crippen molar-refractivity contribution in [1.29, 1.82) is 0 Å². The summed E-state index contributed by atoms with van der Waals surface area (Å²) in [6, 6.07) is 0. The standard InChI is InChI=1S/C13H20O8/c1-6-9(19-7(2)14)11(20-8(3)15)13(18-5)21-10(6)12(16)17-4/h6,9-11,13H,1-5H3. The number of carbonyl (C=O) groups excluding carboxylic acids is 3. The van der Waals surface area contributed by atoms with Crippen molar-refractivity contribution in [2.45, 2.75) is 45.4 Å². The summed E-state index contributed by atoms with van der Waals surface area (Å²) in [6.45, 7) is 4.08. The van der Waals surface area contributed by atoms with Gasteiger partial charge in [-0.25, -0.2) is 4.79 Å². The summed E-state index contributed by atoms with van der Waals surface area (Å²) in [4.78, 5) is 34.2. The molecular weight excluding hydrogens is 284 g/mol. The molecule has 0 N–H and O–H groups in total. The van der Waals surface area contributed by atoms with Crippen LogP contribution in [0.25, 0.3) is 0 Å². The molecule has 5 unspecified atom stereocenters. The summed E-state index contributed by atoms with van der Waals surface area (Å²) >= 11 is 0. The topological polar surface area (TPSA) is 97.4 Å². The summed E-state index contributed by atoms with van der Waals surface area (Å²) in [7, 11) is 2.55. The fourth-order valence-corrected chi connectivity index (χ4v) is 2.23. The summed E-state index contributed by atoms with van der Waals surface area (Å²) in [5, 5.41) is 0. The van der Waals surface area contributed by atoms with Gasteiger partial charge in [-0.15, -0.1) is 0 Å². The maximum Gasteiger partial charge on any atom is 0.335 e. The zero-order chi connectivity index (χ0) is 16.2. The smallest absolute Gasteiger partial charge is 0.335 e. The minimum absolute atomic E-state index is 0.565. The lowest BCUT2D eigenvalue weighted by molar-refractivity contribution is -0.282. The number of carbonyl (C=O) groups is 3. The summed E-state index contributed by atoms with van der Waals surface area (Å²) in [6.07, 6.45) is -3.88. The van der Waals surface area contributed by atoms with Crippen molar-refractivity contribution >= 4 is 17.9 Å². The number of methoxy groups -OCH3 is 2. The molecule has 5 atom stereocenters. The van der Waals surface area contributed by atoms with Crippen LogP contribution in [0, 0.1) is 5.92 Å². The number of esters is 3. The van der Waals surface area contributed by atoms with Crippen molar-refractivity contribution < 1.29 is 38.1 Å². The Morgan fingerprint density at radius 3 is 1.90 bits per heavy atom. The zero-order valence-corrected chi connectivity index (χ0v) is 12.7. The largest absolute Gasteiger partial charge is 0.467 e. The summed E-state index contributed by atoms with van der Waals surface area (Å²) in [5.74, 6) is -2.34. The predicted molar refractivity (Wildman–Crippen MR) is 68.0 cm³/mol. The van der Waals surface area contributed by atoms with Crippen LogP contribution in [0.3, 0.4) is 0 Å². The minimum Gasteiger partial charge on any atom is -0.467 e. The monoisotopic (exact) mass is 304 g/mol. The highest BCUT2D eigenvalue weighted by atomic mass is 16.7. The first-order valence-electron chi connectivity index (χ1n) is 6.42. The molecule has 8 nitrogen and oxygen atoms in total. The van der Waals surface area contributed by atoms with Gasteiger partial charge in [-0.1, -0.05) is 6.92 Å². The molecule has 0 aliphatic carbocycles. The molecule has 0 amide bonds. The van der Waals surface area contributed by atoms with E-state index in [-0.39, 0.29) is 0 Å². The summed E-state index contributed by atoms with van der Waals surface area (Å²) < 4.78 is 25.5. The van der Waals surface area contributed by atoms with Gasteiger partial charge < -0.3 is 23.7 Å². The fraction of sp³-hybridized carbons (Fsp3) is 0.769. The molecular formula is C13H20O8. The first kappa shape index (κ1) is 17.4. The van der Waals surface area contributed by atoms with E-state index in [0.717, 1.165) is 0 Å². The van der Waals surface area contributed by atoms with Crippen molar-refractivity contribution in [3.05, 3.63) is 0 Å². The first-order chi connectivity index (χ1) is 9.81. The average molecular weight is 304 g/mol. The number of hydrogen-bond donors (Lipinski definition) is 0. The van der Waals surface area contributed by atoms with E-state index in [1.54, 1.807) is 6.92 Å². The predicted octanol–water partition coefficient (Wildman–Crippen LogP) is 0.0302. The molecule has 120 valence electrons. The molecule has 0 aromatic heterocycles. The summed E-state index contributed by atoms with van der Waals surface area (Å²) in [5.41, 5.74) is 0. The first-order valence-corrected chi connectivity index (χ1v) is 6.42. The Morgan fingerprint density at radius 1 is 0.952 bits per heavy atom. The number of ether oxygens (including phenoxy) is 5. The van der Waals surface area contributed by atoms with Crippen molar-refractivity contribution in [2.24, 2.45) is 5.92 Å². The van der Waals surface area contributed by atoms with Gasteiger partial charge in [0.25, 0.3) is 0 Å². The van der Waals surface area contributed by atoms with Crippen molar-refractivity contribution in [2.75, 3.05) is 14.2 Å². The third-order valence-electron chi connectivity index (χ3n) is 3.14. The van der Waals surface area contributed by atoms with Crippen LogP contribution in [0.2, 0.25) is 0 Å². The molecule has 21 heavy (non-hydrogen) atoms. The minimum atomic E-state index is -1.04. The van der Waals surface area contributed by atoms with E-state index < -0.39 is 48.4 Å². The third-order valence-corrected chi connectivity index (χ3v) is 3.14. The second-order valence-corrected chi connectivity index (χ2v) is 4.69. The zero-order valence-electron chi connectivity index (χ0n) is 12.7. The Bertz CT molecular complexity index is 407. The van der Waals surface area contributed by atoms with Crippen LogP contribution in [-0.4, -0.2) is 56.7 Å². The van der Waals surface area contributed by atoms with E-state index in [4.69, 9.17) is 18.9 Å². The Morgan fingerprint density at radius 2 is 1.48 bits per heavy atom. The van der Waals surface area contributed by atoms with Gasteiger partial charge in [0.15, 0.2) is 18.5 Å². The Kier molecular flexibility index (Phi) is 6.10. The van der Waals surface area contributed by atoms with Crippen molar-refractivity contribution in [1.82, 2.24) is 0 Å². The molecule has 0 radical (unpaired) electrons. The highest BCUT2D eigenvalue weighted by Gasteiger charge is 2.50. The molecule has 0 aromatic carbocycles. The molecule has 0 aromatic rings. The average Bonchev–Trinajstić information content (AvgIpc) is 2.41. The normalized spacial score (nSPS) is 32.1. The van der Waals surface area contributed by atoms with Crippen LogP contribution in [0.1, 0.15) is 20.8 Å². The van der Waals surface area contributed by atoms with Crippen LogP contribution in [0.15, 0.2) is 0 Å². The van der Waals surface area contributed by atoms with E-state index in [9.17, 15) is 14.4 Å². The van der Waals surface area contributed by atoms with E-state index >= 15 is 0 Å². The van der Waals surface area contributed by atoms with E-state index in [0.29, 0.717) is 0 Å². The molecule has 8 heteroatoms. The lowest BCUT2D eigenvalue weighted by atomic mass is 9.90. The van der Waals surface area contributed by atoms with Gasteiger partial charge in [0.05, 0.1) is 7.11 Å². The van der Waals surface area contributed by atoms with Crippen LogP contribution in [-0.2, 0) is 38.1 Å². The van der Waals surface area contributed by atoms with Gasteiger partial charge in [-0.2, -0.15) is 0 Å². The van der Waals surface area contributed by atoms with Gasteiger partial charge in [0.1, 0.15) is 6.10 Å². The molecule has 1 aliphatic rings. The quantitative estimate of drug-likeness (QED) is 0.530. The van der Waals surface area contributed by atoms with E-state index in [1.807, 2.05) is 0 Å². The molecule has 0 saturated carbocycles. The Hall–Kier alpha value is -1.67. The van der Waals surface area contributed by atoms with Gasteiger partial charge >= 0.3 is 17.9 Å². The molecule has 1 rings (SSSR count). The number of rotatable bonds is 4. The second kappa shape index (κ2) is 7.37. The molecule has 0 bridgehead atoms. The lowest BCUT2D eigenvalue weighted by Gasteiger charge is -2.42. The Labute approximate surface area is 122 Å². The van der Waals surface area contributed by atoms with Crippen LogP contribution >= 0.6 is 0 Å². The maximum absolute atomic E-state index is 11.7. The Balaban J connectivity index is 3.07. The highest BCUT2D eigenvalue weighted by Crippen LogP contribution is 2.31. The molecule has 1 fully saturated rings. The molecule has 1 aliphatic heterocycles. The van der Waals surface area contributed by atoms with Gasteiger partial charge in [0, 0.05) is 26.9 Å². The lowest BCUT2D eigenvalue weighted by Crippen LogP contribution is -2.59. The molecule has 0 spiro atoms. The molecule has 1 heterocycles. The van der Waals surface area contributed by atoms with Crippen LogP contribution < -0.4 is 0 Å². The van der Waals surface area contributed by atoms with Crippen molar-refractivity contribution in [3.8, 4) is 0 Å². The van der Waals surface area contributed by atoms with Gasteiger partial charge in [-0.3, -0.25) is 9.59 Å². The van der Waals surface area contributed by atoms with Crippen molar-refractivity contribution in [3.63, 3.8) is 0 Å². The van der Waals surface area contributed by atoms with E-state index in [2.05, 4.69) is 4.74 Å². The van der Waals surface area contributed by atoms with E-state index in [1.165, 1.54) is 28.1 Å². The maximum atomic E-state index is 11.7. The van der Waals surface area contributed by atoms with Crippen LogP contribution in [0.4, 0.5) is 0 Å². The molecule has 1 saturated heterocycles. The van der Waals surface area contributed by atoms with Gasteiger partial charge in [0.2, 0.25) is 0 Å². The van der Waals surface area contributed by atoms with Gasteiger partial charge in [-0.05, 0) is 0 Å². The third kappa shape index (κ3) is 4.15. The fourth-order valence-electron chi connectivity index (χ4n) is 2.23. The second-order valence-electron chi connectivity index (χ2n) is 4.69. The SMILES string of the molecule is COC(=O)C1OC(OC)C(OC(C)=O)C(OC(C)=O)C1C. The van der Waals surface area contributed by atoms with Crippen LogP contribution in [0.5, 0.6) is 0 Å². The number of hydrogen-bond acceptors (Lipinski definition) is 8.